The molecular weight excluding hydrogens is 208 g/mol. The lowest BCUT2D eigenvalue weighted by Gasteiger charge is -2.17. The van der Waals surface area contributed by atoms with E-state index in [2.05, 4.69) is 41.3 Å². The van der Waals surface area contributed by atoms with E-state index in [9.17, 15) is 0 Å². The van der Waals surface area contributed by atoms with Crippen LogP contribution in [0.25, 0.3) is 10.9 Å². The molecule has 0 unspecified atom stereocenters. The molecule has 80 valence electrons. The summed E-state index contributed by atoms with van der Waals surface area (Å²) >= 11 is 5.69. The normalized spacial score (nSPS) is 10.8. The fourth-order valence-corrected chi connectivity index (χ4v) is 1.91. The summed E-state index contributed by atoms with van der Waals surface area (Å²) < 4.78 is 0. The molecule has 1 aromatic carbocycles. The number of anilines is 1. The number of nitrogens with one attached hydrogen (secondary N) is 1. The highest BCUT2D eigenvalue weighted by atomic mass is 35.5. The van der Waals surface area contributed by atoms with Gasteiger partial charge < -0.3 is 9.88 Å². The van der Waals surface area contributed by atoms with Gasteiger partial charge in [0.1, 0.15) is 0 Å². The van der Waals surface area contributed by atoms with Gasteiger partial charge in [-0.2, -0.15) is 0 Å². The first-order valence-electron chi connectivity index (χ1n) is 5.16. The third kappa shape index (κ3) is 2.10. The van der Waals surface area contributed by atoms with Crippen molar-refractivity contribution in [3.8, 4) is 0 Å². The molecule has 2 rings (SSSR count). The fraction of sp³-hybridized carbons (Fsp3) is 0.333. The topological polar surface area (TPSA) is 19.0 Å². The Balaban J connectivity index is 2.27. The second-order valence-electron chi connectivity index (χ2n) is 3.68. The minimum Gasteiger partial charge on any atom is -0.373 e. The summed E-state index contributed by atoms with van der Waals surface area (Å²) in [6, 6.07) is 8.34. The van der Waals surface area contributed by atoms with Crippen LogP contribution in [0.4, 0.5) is 5.69 Å². The van der Waals surface area contributed by atoms with Gasteiger partial charge >= 0.3 is 0 Å². The lowest BCUT2D eigenvalue weighted by Crippen LogP contribution is -2.18. The van der Waals surface area contributed by atoms with Crippen molar-refractivity contribution in [2.45, 2.75) is 6.42 Å². The Morgan fingerprint density at radius 3 is 2.93 bits per heavy atom. The van der Waals surface area contributed by atoms with Gasteiger partial charge in [-0.05, 0) is 12.5 Å². The molecule has 0 spiro atoms. The molecule has 0 fully saturated rings. The van der Waals surface area contributed by atoms with E-state index in [-0.39, 0.29) is 0 Å². The quantitative estimate of drug-likeness (QED) is 0.787. The summed E-state index contributed by atoms with van der Waals surface area (Å²) in [5, 5.41) is 1.27. The number of alkyl halides is 1. The first-order chi connectivity index (χ1) is 7.33. The number of hydrogen-bond donors (Lipinski definition) is 1. The molecule has 1 aromatic heterocycles. The van der Waals surface area contributed by atoms with E-state index in [0.717, 1.165) is 13.0 Å². The Morgan fingerprint density at radius 1 is 1.33 bits per heavy atom. The Hall–Kier alpha value is -1.15. The number of fused-ring (bicyclic) bond motifs is 1. The maximum Gasteiger partial charge on any atom is 0.0621 e. The van der Waals surface area contributed by atoms with E-state index in [4.69, 9.17) is 11.6 Å². The van der Waals surface area contributed by atoms with Crippen molar-refractivity contribution in [1.82, 2.24) is 4.98 Å². The van der Waals surface area contributed by atoms with Gasteiger partial charge in [0.2, 0.25) is 0 Å². The van der Waals surface area contributed by atoms with Crippen LogP contribution in [0.1, 0.15) is 6.42 Å². The number of para-hydroxylation sites is 1. The van der Waals surface area contributed by atoms with Gasteiger partial charge in [0.25, 0.3) is 0 Å². The van der Waals surface area contributed by atoms with Crippen molar-refractivity contribution >= 4 is 28.2 Å². The van der Waals surface area contributed by atoms with Gasteiger partial charge in [-0.25, -0.2) is 0 Å². The highest BCUT2D eigenvalue weighted by Crippen LogP contribution is 2.25. The smallest absolute Gasteiger partial charge is 0.0621 e. The van der Waals surface area contributed by atoms with E-state index in [1.807, 2.05) is 6.07 Å². The van der Waals surface area contributed by atoms with Crippen molar-refractivity contribution in [3.63, 3.8) is 0 Å². The predicted octanol–water partition coefficient (Wildman–Crippen LogP) is 3.23. The lowest BCUT2D eigenvalue weighted by molar-refractivity contribution is 0.860. The molecule has 0 aliphatic carbocycles. The molecule has 1 heterocycles. The van der Waals surface area contributed by atoms with Gasteiger partial charge in [0.15, 0.2) is 0 Å². The van der Waals surface area contributed by atoms with Crippen LogP contribution in [0, 0.1) is 0 Å². The van der Waals surface area contributed by atoms with Gasteiger partial charge in [-0.1, -0.05) is 18.2 Å². The van der Waals surface area contributed by atoms with Crippen molar-refractivity contribution < 1.29 is 0 Å². The van der Waals surface area contributed by atoms with E-state index in [1.165, 1.54) is 16.6 Å². The first-order valence-corrected chi connectivity index (χ1v) is 5.69. The average molecular weight is 223 g/mol. The fourth-order valence-electron chi connectivity index (χ4n) is 1.79. The molecule has 0 amide bonds. The van der Waals surface area contributed by atoms with Crippen LogP contribution in [0.15, 0.2) is 30.5 Å². The summed E-state index contributed by atoms with van der Waals surface area (Å²) in [5.74, 6) is 0.715. The predicted molar refractivity (Wildman–Crippen MR) is 66.9 cm³/mol. The average Bonchev–Trinajstić information content (AvgIpc) is 2.69. The van der Waals surface area contributed by atoms with E-state index in [1.54, 1.807) is 0 Å². The Kier molecular flexibility index (Phi) is 3.17. The van der Waals surface area contributed by atoms with E-state index in [0.29, 0.717) is 5.88 Å². The summed E-state index contributed by atoms with van der Waals surface area (Å²) in [7, 11) is 2.10. The van der Waals surface area contributed by atoms with Crippen LogP contribution in [-0.4, -0.2) is 24.5 Å². The summed E-state index contributed by atoms with van der Waals surface area (Å²) in [5.41, 5.74) is 2.43. The number of benzene rings is 1. The van der Waals surface area contributed by atoms with Crippen molar-refractivity contribution in [3.05, 3.63) is 30.5 Å². The van der Waals surface area contributed by atoms with Crippen LogP contribution in [0.5, 0.6) is 0 Å². The Morgan fingerprint density at radius 2 is 2.13 bits per heavy atom. The molecule has 2 aromatic rings. The number of nitrogens with zero attached hydrogens (tertiary/aromatic N) is 1. The maximum atomic E-state index is 5.69. The molecule has 2 nitrogen and oxygen atoms in total. The van der Waals surface area contributed by atoms with Crippen LogP contribution in [-0.2, 0) is 0 Å². The third-order valence-electron chi connectivity index (χ3n) is 2.61. The molecule has 0 aliphatic heterocycles. The molecule has 0 radical (unpaired) electrons. The van der Waals surface area contributed by atoms with Crippen molar-refractivity contribution in [1.29, 1.82) is 0 Å². The highest BCUT2D eigenvalue weighted by Gasteiger charge is 2.06. The number of H-pyrrole nitrogens is 1. The minimum absolute atomic E-state index is 0.715. The molecular formula is C12H15ClN2. The zero-order valence-electron chi connectivity index (χ0n) is 8.83. The molecule has 3 heteroatoms. The summed E-state index contributed by atoms with van der Waals surface area (Å²) in [4.78, 5) is 5.51. The van der Waals surface area contributed by atoms with Crippen LogP contribution in [0.2, 0.25) is 0 Å². The second-order valence-corrected chi connectivity index (χ2v) is 4.06. The van der Waals surface area contributed by atoms with Crippen molar-refractivity contribution in [2.24, 2.45) is 0 Å². The standard InChI is InChI=1S/C12H15ClN2/c1-15(8-4-7-13)12-9-14-11-6-3-2-5-10(11)12/h2-3,5-6,9,14H,4,7-8H2,1H3. The highest BCUT2D eigenvalue weighted by molar-refractivity contribution is 6.17. The Bertz CT molecular complexity index is 436. The van der Waals surface area contributed by atoms with Gasteiger partial charge in [-0.3, -0.25) is 0 Å². The largest absolute Gasteiger partial charge is 0.373 e. The zero-order chi connectivity index (χ0) is 10.7. The van der Waals surface area contributed by atoms with Crippen LogP contribution >= 0.6 is 11.6 Å². The van der Waals surface area contributed by atoms with Crippen LogP contribution in [0.3, 0.4) is 0 Å². The molecule has 0 aliphatic rings. The second kappa shape index (κ2) is 4.58. The molecule has 0 atom stereocenters. The number of rotatable bonds is 4. The lowest BCUT2D eigenvalue weighted by atomic mass is 10.2. The molecule has 0 bridgehead atoms. The number of aromatic nitrogens is 1. The summed E-state index contributed by atoms with van der Waals surface area (Å²) in [6.45, 7) is 0.991. The van der Waals surface area contributed by atoms with E-state index < -0.39 is 0 Å². The van der Waals surface area contributed by atoms with Gasteiger partial charge in [-0.15, -0.1) is 11.6 Å². The molecule has 0 saturated heterocycles. The zero-order valence-corrected chi connectivity index (χ0v) is 9.59. The minimum atomic E-state index is 0.715. The van der Waals surface area contributed by atoms with E-state index >= 15 is 0 Å². The molecule has 15 heavy (non-hydrogen) atoms. The van der Waals surface area contributed by atoms with Gasteiger partial charge in [0, 0.05) is 36.6 Å². The number of halogens is 1. The first kappa shape index (κ1) is 10.4. The number of hydrogen-bond acceptors (Lipinski definition) is 1. The Labute approximate surface area is 94.8 Å². The van der Waals surface area contributed by atoms with Crippen LogP contribution < -0.4 is 4.90 Å². The summed E-state index contributed by atoms with van der Waals surface area (Å²) in [6.07, 6.45) is 3.07. The number of aromatic amines is 1. The van der Waals surface area contributed by atoms with Gasteiger partial charge in [0.05, 0.1) is 5.69 Å². The third-order valence-corrected chi connectivity index (χ3v) is 2.87. The monoisotopic (exact) mass is 222 g/mol. The SMILES string of the molecule is CN(CCCCl)c1c[nH]c2ccccc12. The molecule has 0 saturated carbocycles. The maximum absolute atomic E-state index is 5.69. The van der Waals surface area contributed by atoms with Crippen molar-refractivity contribution in [2.75, 3.05) is 24.4 Å². The molecule has 1 N–H and O–H groups in total.